The van der Waals surface area contributed by atoms with Gasteiger partial charge in [0.2, 0.25) is 5.91 Å². The number of piperidine rings is 1. The van der Waals surface area contributed by atoms with Crippen LogP contribution in [0.1, 0.15) is 52.0 Å². The number of carbonyl (C=O) groups excluding carboxylic acids is 2. The van der Waals surface area contributed by atoms with Crippen molar-refractivity contribution in [3.63, 3.8) is 0 Å². The quantitative estimate of drug-likeness (QED) is 0.496. The fourth-order valence-corrected chi connectivity index (χ4v) is 6.85. The lowest BCUT2D eigenvalue weighted by Gasteiger charge is -2.64. The summed E-state index contributed by atoms with van der Waals surface area (Å²) >= 11 is 0. The highest BCUT2D eigenvalue weighted by Crippen LogP contribution is 2.65. The molecule has 8 heteroatoms. The maximum atomic E-state index is 13.0. The topological polar surface area (TPSA) is 77.1 Å². The van der Waals surface area contributed by atoms with Crippen LogP contribution in [0.2, 0.25) is 0 Å². The van der Waals surface area contributed by atoms with Gasteiger partial charge in [0, 0.05) is 6.54 Å². The number of rotatable bonds is 6. The number of likely N-dealkylation sites (tertiary alicyclic amines) is 1. The maximum absolute atomic E-state index is 13.0. The molecule has 5 aliphatic rings. The highest BCUT2D eigenvalue weighted by atomic mass is 16.7. The molecule has 3 saturated carbocycles. The number of benzene rings is 1. The molecule has 6 rings (SSSR count). The molecule has 35 heavy (non-hydrogen) atoms. The van der Waals surface area contributed by atoms with Crippen molar-refractivity contribution in [1.82, 2.24) is 10.2 Å². The van der Waals surface area contributed by atoms with E-state index in [1.54, 1.807) is 4.90 Å². The minimum atomic E-state index is -0.543. The van der Waals surface area contributed by atoms with Gasteiger partial charge in [-0.2, -0.15) is 0 Å². The van der Waals surface area contributed by atoms with Crippen LogP contribution < -0.4 is 5.32 Å². The van der Waals surface area contributed by atoms with Crippen molar-refractivity contribution in [1.29, 1.82) is 0 Å². The molecule has 2 heterocycles. The molecule has 2 bridgehead atoms. The molecule has 2 amide bonds. The normalized spacial score (nSPS) is 33.8. The summed E-state index contributed by atoms with van der Waals surface area (Å²) in [6.07, 6.45) is 4.77. The molecule has 3 aliphatic carbocycles. The van der Waals surface area contributed by atoms with E-state index in [-0.39, 0.29) is 35.1 Å². The zero-order valence-electron chi connectivity index (χ0n) is 21.1. The predicted molar refractivity (Wildman–Crippen MR) is 133 cm³/mol. The van der Waals surface area contributed by atoms with E-state index in [0.29, 0.717) is 31.3 Å². The van der Waals surface area contributed by atoms with Gasteiger partial charge in [-0.3, -0.25) is 4.79 Å². The van der Waals surface area contributed by atoms with Crippen molar-refractivity contribution in [2.45, 2.75) is 76.6 Å². The molecular weight excluding hydrogens is 443 g/mol. The monoisotopic (exact) mass is 480 g/mol. The molecule has 1 unspecified atom stereocenters. The smallest absolute Gasteiger partial charge is 0.444 e. The third-order valence-electron chi connectivity index (χ3n) is 9.04. The van der Waals surface area contributed by atoms with Gasteiger partial charge in [-0.1, -0.05) is 50.8 Å². The van der Waals surface area contributed by atoms with Gasteiger partial charge in [-0.25, -0.2) is 4.79 Å². The molecule has 1 aromatic carbocycles. The molecular formula is C27H37BN2O5. The summed E-state index contributed by atoms with van der Waals surface area (Å²) in [5.41, 5.74) is 0.994. The lowest BCUT2D eigenvalue weighted by atomic mass is 9.43. The highest BCUT2D eigenvalue weighted by Gasteiger charge is 2.68. The van der Waals surface area contributed by atoms with E-state index >= 15 is 0 Å². The minimum Gasteiger partial charge on any atom is -0.444 e. The van der Waals surface area contributed by atoms with Crippen LogP contribution in [0.15, 0.2) is 43.0 Å². The first-order chi connectivity index (χ1) is 16.7. The molecule has 2 aliphatic heterocycles. The molecule has 0 aromatic heterocycles. The average molecular weight is 480 g/mol. The number of alkyl carbamates (subject to hydrolysis) is 1. The van der Waals surface area contributed by atoms with Gasteiger partial charge >= 0.3 is 13.2 Å². The standard InChI is InChI=1S/C27H37BN2O5/c1-5-24(31)30-13-9-12-20(17-30)33-25(32)29-23(14-18-10-7-6-8-11-18)28-34-22-16-19-15-21(26(19,2)3)27(22,4)35-28/h5-8,10-11,19-23H,1,9,12-17H2,2-4H3,(H,29,32)/t19-,20-,21-,22?,23-,27-/m0/s1. The molecule has 188 valence electrons. The first-order valence-corrected chi connectivity index (χ1v) is 13.0. The first-order valence-electron chi connectivity index (χ1n) is 13.0. The Kier molecular flexibility index (Phi) is 6.47. The second kappa shape index (κ2) is 9.28. The van der Waals surface area contributed by atoms with Gasteiger partial charge in [0.15, 0.2) is 0 Å². The molecule has 1 aromatic rings. The van der Waals surface area contributed by atoms with Crippen LogP contribution in [0.3, 0.4) is 0 Å². The fourth-order valence-electron chi connectivity index (χ4n) is 6.85. The van der Waals surface area contributed by atoms with E-state index in [0.717, 1.165) is 24.8 Å². The van der Waals surface area contributed by atoms with Gasteiger partial charge in [0.05, 0.1) is 24.2 Å². The van der Waals surface area contributed by atoms with Crippen molar-refractivity contribution in [3.8, 4) is 0 Å². The Bertz CT molecular complexity index is 972. The zero-order chi connectivity index (χ0) is 24.8. The highest BCUT2D eigenvalue weighted by molar-refractivity contribution is 6.47. The zero-order valence-corrected chi connectivity index (χ0v) is 21.1. The predicted octanol–water partition coefficient (Wildman–Crippen LogP) is 3.77. The second-order valence-electron chi connectivity index (χ2n) is 11.4. The van der Waals surface area contributed by atoms with Crippen LogP contribution in [0.4, 0.5) is 4.79 Å². The molecule has 0 radical (unpaired) electrons. The number of nitrogens with one attached hydrogen (secondary N) is 1. The van der Waals surface area contributed by atoms with Crippen molar-refractivity contribution in [3.05, 3.63) is 48.6 Å². The van der Waals surface area contributed by atoms with Crippen LogP contribution in [0.5, 0.6) is 0 Å². The van der Waals surface area contributed by atoms with E-state index in [4.69, 9.17) is 14.0 Å². The summed E-state index contributed by atoms with van der Waals surface area (Å²) in [5, 5.41) is 3.05. The maximum Gasteiger partial charge on any atom is 0.482 e. The van der Waals surface area contributed by atoms with Crippen LogP contribution >= 0.6 is 0 Å². The Morgan fingerprint density at radius 1 is 1.29 bits per heavy atom. The molecule has 0 spiro atoms. The Balaban J connectivity index is 1.28. The summed E-state index contributed by atoms with van der Waals surface area (Å²) in [6.45, 7) is 11.5. The van der Waals surface area contributed by atoms with Crippen LogP contribution in [-0.4, -0.2) is 60.9 Å². The Hall–Kier alpha value is -2.32. The lowest BCUT2D eigenvalue weighted by Crippen LogP contribution is -2.65. The van der Waals surface area contributed by atoms with Crippen molar-refractivity contribution in [2.24, 2.45) is 17.3 Å². The van der Waals surface area contributed by atoms with E-state index in [1.807, 2.05) is 30.3 Å². The Labute approximate surface area is 208 Å². The Morgan fingerprint density at radius 3 is 2.77 bits per heavy atom. The first kappa shape index (κ1) is 24.4. The van der Waals surface area contributed by atoms with Crippen molar-refractivity contribution in [2.75, 3.05) is 13.1 Å². The van der Waals surface area contributed by atoms with Gasteiger partial charge in [-0.05, 0) is 67.9 Å². The fraction of sp³-hybridized carbons (Fsp3) is 0.630. The van der Waals surface area contributed by atoms with Gasteiger partial charge < -0.3 is 24.3 Å². The third-order valence-corrected chi connectivity index (χ3v) is 9.04. The van der Waals surface area contributed by atoms with Crippen LogP contribution in [0.25, 0.3) is 0 Å². The van der Waals surface area contributed by atoms with Gasteiger partial charge in [0.1, 0.15) is 6.10 Å². The van der Waals surface area contributed by atoms with Crippen molar-refractivity contribution < 1.29 is 23.6 Å². The summed E-state index contributed by atoms with van der Waals surface area (Å²) < 4.78 is 18.9. The minimum absolute atomic E-state index is 0.0391. The number of ether oxygens (including phenoxy) is 1. The molecule has 1 N–H and O–H groups in total. The van der Waals surface area contributed by atoms with E-state index < -0.39 is 13.2 Å². The number of nitrogens with zero attached hydrogens (tertiary/aromatic N) is 1. The average Bonchev–Trinajstić information content (AvgIpc) is 3.21. The molecule has 6 atom stereocenters. The SMILES string of the molecule is C=CC(=O)N1CCC[C@H](OC(=O)N[C@@H](Cc2ccccc2)B2OC3C[C@@H]4C[C@@H](C4(C)C)[C@]3(C)O2)C1. The van der Waals surface area contributed by atoms with E-state index in [9.17, 15) is 9.59 Å². The van der Waals surface area contributed by atoms with Crippen LogP contribution in [0, 0.1) is 17.3 Å². The van der Waals surface area contributed by atoms with Crippen molar-refractivity contribution >= 4 is 19.1 Å². The number of amides is 2. The summed E-state index contributed by atoms with van der Waals surface area (Å²) in [6, 6.07) is 10.1. The van der Waals surface area contributed by atoms with Gasteiger partial charge in [0.25, 0.3) is 0 Å². The van der Waals surface area contributed by atoms with Crippen LogP contribution in [-0.2, 0) is 25.3 Å². The second-order valence-corrected chi connectivity index (χ2v) is 11.4. The summed E-state index contributed by atoms with van der Waals surface area (Å²) in [4.78, 5) is 26.7. The van der Waals surface area contributed by atoms with E-state index in [1.165, 1.54) is 12.5 Å². The largest absolute Gasteiger partial charge is 0.482 e. The number of hydrogen-bond acceptors (Lipinski definition) is 5. The molecule has 5 fully saturated rings. The molecule has 7 nitrogen and oxygen atoms in total. The lowest BCUT2D eigenvalue weighted by molar-refractivity contribution is -0.199. The summed E-state index contributed by atoms with van der Waals surface area (Å²) in [7, 11) is -0.543. The number of carbonyl (C=O) groups is 2. The Morgan fingerprint density at radius 2 is 2.06 bits per heavy atom. The molecule has 2 saturated heterocycles. The number of hydrogen-bond donors (Lipinski definition) is 1. The van der Waals surface area contributed by atoms with Gasteiger partial charge in [-0.15, -0.1) is 0 Å². The van der Waals surface area contributed by atoms with E-state index in [2.05, 4.69) is 32.7 Å². The third kappa shape index (κ3) is 4.51. The summed E-state index contributed by atoms with van der Waals surface area (Å²) in [5.74, 6) is 0.586.